The van der Waals surface area contributed by atoms with E-state index in [4.69, 9.17) is 16.3 Å². The number of anilines is 1. The number of fused-ring (bicyclic) bond motifs is 1. The van der Waals surface area contributed by atoms with Crippen molar-refractivity contribution in [3.05, 3.63) is 41.9 Å². The van der Waals surface area contributed by atoms with Gasteiger partial charge in [-0.15, -0.1) is 0 Å². The van der Waals surface area contributed by atoms with Crippen LogP contribution in [-0.4, -0.2) is 49.7 Å². The molecule has 1 fully saturated rings. The zero-order chi connectivity index (χ0) is 18.1. The summed E-state index contributed by atoms with van der Waals surface area (Å²) in [7, 11) is 0. The number of piperidine rings is 1. The van der Waals surface area contributed by atoms with E-state index in [0.717, 1.165) is 11.3 Å². The Morgan fingerprint density at radius 3 is 2.62 bits per heavy atom. The van der Waals surface area contributed by atoms with Gasteiger partial charge in [-0.25, -0.2) is 19.7 Å². The normalized spacial score (nSPS) is 16.6. The number of nitrogens with zero attached hydrogens (tertiary/aromatic N) is 4. The molecule has 1 aliphatic rings. The van der Waals surface area contributed by atoms with Crippen LogP contribution < -0.4 is 9.64 Å². The maximum Gasteiger partial charge on any atom is 0.348 e. The van der Waals surface area contributed by atoms with Gasteiger partial charge >= 0.3 is 5.97 Å². The number of carbonyl (C=O) groups is 1. The number of hydrogen-bond acceptors (Lipinski definition) is 6. The second-order valence-electron chi connectivity index (χ2n) is 6.14. The van der Waals surface area contributed by atoms with Gasteiger partial charge in [-0.3, -0.25) is 0 Å². The van der Waals surface area contributed by atoms with Crippen molar-refractivity contribution in [2.75, 3.05) is 18.0 Å². The van der Waals surface area contributed by atoms with E-state index in [9.17, 15) is 9.90 Å². The Morgan fingerprint density at radius 1 is 1.19 bits per heavy atom. The van der Waals surface area contributed by atoms with E-state index in [1.165, 1.54) is 6.33 Å². The number of aromatic nitrogens is 4. The molecule has 8 nitrogen and oxygen atoms in total. The number of aromatic amines is 1. The quantitative estimate of drug-likeness (QED) is 0.724. The third kappa shape index (κ3) is 2.92. The van der Waals surface area contributed by atoms with Crippen LogP contribution in [0.4, 0.5) is 5.82 Å². The molecule has 0 amide bonds. The number of ether oxygens (including phenoxy) is 1. The zero-order valence-corrected chi connectivity index (χ0v) is 14.5. The molecule has 1 aromatic carbocycles. The van der Waals surface area contributed by atoms with Crippen LogP contribution >= 0.6 is 11.6 Å². The molecule has 9 heteroatoms. The summed E-state index contributed by atoms with van der Waals surface area (Å²) in [6, 6.07) is 6.71. The first kappa shape index (κ1) is 16.6. The molecular weight excluding hydrogens is 358 g/mol. The fraction of sp³-hybridized carbons (Fsp3) is 0.294. The molecular formula is C17H16ClN5O3. The number of aliphatic carboxylic acids is 1. The molecule has 0 saturated carbocycles. The second kappa shape index (κ2) is 6.45. The topological polar surface area (TPSA) is 104 Å². The van der Waals surface area contributed by atoms with Crippen LogP contribution in [0.2, 0.25) is 5.02 Å². The van der Waals surface area contributed by atoms with E-state index in [-0.39, 0.29) is 0 Å². The Labute approximate surface area is 153 Å². The van der Waals surface area contributed by atoms with Gasteiger partial charge in [-0.05, 0) is 24.3 Å². The molecule has 4 rings (SSSR count). The summed E-state index contributed by atoms with van der Waals surface area (Å²) in [4.78, 5) is 29.6. The van der Waals surface area contributed by atoms with Crippen molar-refractivity contribution < 1.29 is 14.6 Å². The van der Waals surface area contributed by atoms with Crippen molar-refractivity contribution in [1.29, 1.82) is 0 Å². The van der Waals surface area contributed by atoms with Gasteiger partial charge in [0.05, 0.1) is 6.33 Å². The van der Waals surface area contributed by atoms with Gasteiger partial charge in [0.25, 0.3) is 0 Å². The highest BCUT2D eigenvalue weighted by Gasteiger charge is 2.44. The third-order valence-corrected chi connectivity index (χ3v) is 4.84. The smallest absolute Gasteiger partial charge is 0.348 e. The van der Waals surface area contributed by atoms with Crippen molar-refractivity contribution in [2.24, 2.45) is 0 Å². The van der Waals surface area contributed by atoms with Gasteiger partial charge in [-0.1, -0.05) is 11.6 Å². The lowest BCUT2D eigenvalue weighted by atomic mass is 9.91. The zero-order valence-electron chi connectivity index (χ0n) is 13.7. The third-order valence-electron chi connectivity index (χ3n) is 4.59. The average molecular weight is 374 g/mol. The lowest BCUT2D eigenvalue weighted by Gasteiger charge is -2.39. The number of carboxylic acid groups (broad SMARTS) is 1. The first-order valence-electron chi connectivity index (χ1n) is 8.14. The van der Waals surface area contributed by atoms with Crippen LogP contribution in [0.15, 0.2) is 36.9 Å². The van der Waals surface area contributed by atoms with E-state index in [0.29, 0.717) is 42.4 Å². The lowest BCUT2D eigenvalue weighted by molar-refractivity contribution is -0.157. The molecule has 134 valence electrons. The largest absolute Gasteiger partial charge is 0.478 e. The van der Waals surface area contributed by atoms with Crippen molar-refractivity contribution in [3.8, 4) is 5.75 Å². The van der Waals surface area contributed by atoms with E-state index in [1.54, 1.807) is 30.6 Å². The predicted molar refractivity (Wildman–Crippen MR) is 95.6 cm³/mol. The predicted octanol–water partition coefficient (Wildman–Crippen LogP) is 2.51. The van der Waals surface area contributed by atoms with E-state index in [1.807, 2.05) is 4.90 Å². The molecule has 0 aliphatic carbocycles. The van der Waals surface area contributed by atoms with Gasteiger partial charge in [0.2, 0.25) is 5.60 Å². The minimum absolute atomic E-state index is 0.324. The molecule has 3 aromatic rings. The summed E-state index contributed by atoms with van der Waals surface area (Å²) in [5, 5.41) is 10.4. The van der Waals surface area contributed by atoms with Crippen LogP contribution in [-0.2, 0) is 4.79 Å². The monoisotopic (exact) mass is 373 g/mol. The Bertz CT molecular complexity index is 935. The molecule has 1 saturated heterocycles. The minimum atomic E-state index is -1.27. The maximum absolute atomic E-state index is 12.0. The molecule has 0 unspecified atom stereocenters. The Kier molecular flexibility index (Phi) is 4.12. The Balaban J connectivity index is 1.55. The molecule has 0 atom stereocenters. The van der Waals surface area contributed by atoms with Crippen LogP contribution in [0.3, 0.4) is 0 Å². The number of nitrogens with one attached hydrogen (secondary N) is 1. The minimum Gasteiger partial charge on any atom is -0.478 e. The average Bonchev–Trinajstić information content (AvgIpc) is 3.13. The van der Waals surface area contributed by atoms with Crippen LogP contribution in [0.5, 0.6) is 5.75 Å². The number of hydrogen-bond donors (Lipinski definition) is 2. The number of carboxylic acids is 1. The summed E-state index contributed by atoms with van der Waals surface area (Å²) in [5.74, 6) is 0.239. The lowest BCUT2D eigenvalue weighted by Crippen LogP contribution is -2.53. The molecule has 0 radical (unpaired) electrons. The molecule has 2 aromatic heterocycles. The molecule has 0 spiro atoms. The molecule has 1 aliphatic heterocycles. The highest BCUT2D eigenvalue weighted by Crippen LogP contribution is 2.32. The Hall–Kier alpha value is -2.87. The van der Waals surface area contributed by atoms with Crippen molar-refractivity contribution in [3.63, 3.8) is 0 Å². The van der Waals surface area contributed by atoms with Crippen molar-refractivity contribution >= 4 is 34.6 Å². The number of benzene rings is 1. The van der Waals surface area contributed by atoms with Crippen LogP contribution in [0.1, 0.15) is 12.8 Å². The summed E-state index contributed by atoms with van der Waals surface area (Å²) in [6.45, 7) is 0.982. The van der Waals surface area contributed by atoms with E-state index >= 15 is 0 Å². The first-order chi connectivity index (χ1) is 12.6. The number of halogens is 1. The number of H-pyrrole nitrogens is 1. The van der Waals surface area contributed by atoms with Gasteiger partial charge in [0.1, 0.15) is 17.6 Å². The van der Waals surface area contributed by atoms with E-state index in [2.05, 4.69) is 19.9 Å². The first-order valence-corrected chi connectivity index (χ1v) is 8.52. The van der Waals surface area contributed by atoms with E-state index < -0.39 is 11.6 Å². The summed E-state index contributed by atoms with van der Waals surface area (Å²) in [5.41, 5.74) is 0.0567. The van der Waals surface area contributed by atoms with Crippen molar-refractivity contribution in [2.45, 2.75) is 18.4 Å². The van der Waals surface area contributed by atoms with Gasteiger partial charge in [0.15, 0.2) is 11.5 Å². The second-order valence-corrected chi connectivity index (χ2v) is 6.58. The fourth-order valence-electron chi connectivity index (χ4n) is 3.16. The molecule has 3 heterocycles. The standard InChI is InChI=1S/C17H16ClN5O3/c18-11-1-3-12(4-2-11)26-17(16(24)25)5-7-23(8-6-17)15-13-14(20-9-19-13)21-10-22-15/h1-4,9-10H,5-8H2,(H,24,25)(H,19,20,21,22). The van der Waals surface area contributed by atoms with Crippen molar-refractivity contribution in [1.82, 2.24) is 19.9 Å². The molecule has 0 bridgehead atoms. The fourth-order valence-corrected chi connectivity index (χ4v) is 3.29. The summed E-state index contributed by atoms with van der Waals surface area (Å²) < 4.78 is 5.88. The van der Waals surface area contributed by atoms with Crippen LogP contribution in [0.25, 0.3) is 11.2 Å². The van der Waals surface area contributed by atoms with Gasteiger partial charge in [-0.2, -0.15) is 0 Å². The number of rotatable bonds is 4. The van der Waals surface area contributed by atoms with Gasteiger partial charge in [0, 0.05) is 31.0 Å². The van der Waals surface area contributed by atoms with Crippen LogP contribution in [0, 0.1) is 0 Å². The molecule has 2 N–H and O–H groups in total. The number of imidazole rings is 1. The highest BCUT2D eigenvalue weighted by atomic mass is 35.5. The maximum atomic E-state index is 12.0. The van der Waals surface area contributed by atoms with Gasteiger partial charge < -0.3 is 19.7 Å². The summed E-state index contributed by atoms with van der Waals surface area (Å²) in [6.07, 6.45) is 3.68. The SMILES string of the molecule is O=C(O)C1(Oc2ccc(Cl)cc2)CCN(c2ncnc3nc[nH]c23)CC1. The molecule has 26 heavy (non-hydrogen) atoms. The Morgan fingerprint density at radius 2 is 1.92 bits per heavy atom. The highest BCUT2D eigenvalue weighted by molar-refractivity contribution is 6.30. The summed E-state index contributed by atoms with van der Waals surface area (Å²) >= 11 is 5.88.